The van der Waals surface area contributed by atoms with Gasteiger partial charge in [0.2, 0.25) is 0 Å². The molecule has 0 fully saturated rings. The van der Waals surface area contributed by atoms with Crippen molar-refractivity contribution in [2.75, 3.05) is 12.4 Å². The molecule has 1 N–H and O–H groups in total. The van der Waals surface area contributed by atoms with E-state index in [-0.39, 0.29) is 11.3 Å². The molecule has 1 aromatic rings. The van der Waals surface area contributed by atoms with Crippen molar-refractivity contribution in [3.63, 3.8) is 0 Å². The zero-order valence-corrected chi connectivity index (χ0v) is 13.2. The van der Waals surface area contributed by atoms with Gasteiger partial charge in [-0.3, -0.25) is 4.79 Å². The van der Waals surface area contributed by atoms with Gasteiger partial charge in [-0.25, -0.2) is 0 Å². The summed E-state index contributed by atoms with van der Waals surface area (Å²) in [5.74, 6) is 0.455. The van der Waals surface area contributed by atoms with Crippen LogP contribution in [0.1, 0.15) is 42.6 Å². The van der Waals surface area contributed by atoms with E-state index in [0.717, 1.165) is 18.4 Å². The van der Waals surface area contributed by atoms with Crippen molar-refractivity contribution < 1.29 is 4.79 Å². The maximum atomic E-state index is 12.1. The van der Waals surface area contributed by atoms with Crippen LogP contribution in [0.2, 0.25) is 5.02 Å². The molecule has 0 spiro atoms. The second-order valence-corrected chi connectivity index (χ2v) is 5.74. The van der Waals surface area contributed by atoms with Gasteiger partial charge in [-0.05, 0) is 43.5 Å². The van der Waals surface area contributed by atoms with E-state index >= 15 is 0 Å². The fraction of sp³-hybridized carbons (Fsp3) is 0.533. The van der Waals surface area contributed by atoms with Crippen LogP contribution in [0.4, 0.5) is 0 Å². The van der Waals surface area contributed by atoms with E-state index in [1.807, 2.05) is 19.1 Å². The van der Waals surface area contributed by atoms with E-state index in [2.05, 4.69) is 19.2 Å². The molecule has 2 nitrogen and oxygen atoms in total. The summed E-state index contributed by atoms with van der Waals surface area (Å²) < 4.78 is 0. The topological polar surface area (TPSA) is 29.1 Å². The van der Waals surface area contributed by atoms with Crippen LogP contribution in [0.3, 0.4) is 0 Å². The molecule has 0 unspecified atom stereocenters. The average molecular weight is 302 g/mol. The van der Waals surface area contributed by atoms with Gasteiger partial charge in [0, 0.05) is 28.4 Å². The molecule has 1 rings (SSSR count). The highest BCUT2D eigenvalue weighted by Gasteiger charge is 2.25. The van der Waals surface area contributed by atoms with E-state index in [4.69, 9.17) is 23.2 Å². The van der Waals surface area contributed by atoms with Crippen LogP contribution in [-0.2, 0) is 0 Å². The second-order valence-electron chi connectivity index (χ2n) is 5.04. The highest BCUT2D eigenvalue weighted by molar-refractivity contribution is 6.31. The Morgan fingerprint density at radius 3 is 2.37 bits per heavy atom. The van der Waals surface area contributed by atoms with Crippen molar-refractivity contribution in [2.24, 2.45) is 5.41 Å². The van der Waals surface area contributed by atoms with Gasteiger partial charge in [-0.2, -0.15) is 0 Å². The minimum Gasteiger partial charge on any atom is -0.351 e. The Kier molecular flexibility index (Phi) is 6.15. The van der Waals surface area contributed by atoms with Gasteiger partial charge in [0.25, 0.3) is 5.91 Å². The van der Waals surface area contributed by atoms with Crippen LogP contribution in [-0.4, -0.2) is 18.3 Å². The molecular weight excluding hydrogens is 281 g/mol. The highest BCUT2D eigenvalue weighted by atomic mass is 35.5. The number of alkyl halides is 1. The molecule has 0 aliphatic carbocycles. The number of hydrogen-bond acceptors (Lipinski definition) is 1. The van der Waals surface area contributed by atoms with Gasteiger partial charge in [-0.1, -0.05) is 25.4 Å². The average Bonchev–Trinajstić information content (AvgIpc) is 2.39. The lowest BCUT2D eigenvalue weighted by atomic mass is 9.84. The Labute approximate surface area is 125 Å². The van der Waals surface area contributed by atoms with Crippen molar-refractivity contribution in [1.29, 1.82) is 0 Å². The van der Waals surface area contributed by atoms with Gasteiger partial charge >= 0.3 is 0 Å². The molecule has 0 atom stereocenters. The number of benzene rings is 1. The van der Waals surface area contributed by atoms with Crippen LogP contribution < -0.4 is 5.32 Å². The minimum absolute atomic E-state index is 0.0230. The normalized spacial score (nSPS) is 11.4. The Hall–Kier alpha value is -0.730. The Morgan fingerprint density at radius 2 is 1.89 bits per heavy atom. The summed E-state index contributed by atoms with van der Waals surface area (Å²) in [7, 11) is 0. The summed E-state index contributed by atoms with van der Waals surface area (Å²) >= 11 is 12.0. The summed E-state index contributed by atoms with van der Waals surface area (Å²) in [5, 5.41) is 3.55. The lowest BCUT2D eigenvalue weighted by Gasteiger charge is -2.29. The molecule has 1 amide bonds. The van der Waals surface area contributed by atoms with Crippen molar-refractivity contribution in [2.45, 2.75) is 33.6 Å². The van der Waals surface area contributed by atoms with Gasteiger partial charge in [0.15, 0.2) is 0 Å². The van der Waals surface area contributed by atoms with E-state index in [0.29, 0.717) is 23.0 Å². The molecule has 0 heterocycles. The minimum atomic E-state index is -0.0954. The lowest BCUT2D eigenvalue weighted by Crippen LogP contribution is -2.38. The largest absolute Gasteiger partial charge is 0.351 e. The van der Waals surface area contributed by atoms with Crippen LogP contribution in [0.5, 0.6) is 0 Å². The summed E-state index contributed by atoms with van der Waals surface area (Å²) in [5.41, 5.74) is 1.55. The number of nitrogens with one attached hydrogen (secondary N) is 1. The molecule has 0 aromatic heterocycles. The number of rotatable bonds is 6. The first-order valence-electron chi connectivity index (χ1n) is 6.57. The lowest BCUT2D eigenvalue weighted by molar-refractivity contribution is 0.0931. The summed E-state index contributed by atoms with van der Waals surface area (Å²) in [6.45, 7) is 6.71. The first kappa shape index (κ1) is 16.3. The molecule has 4 heteroatoms. The van der Waals surface area contributed by atoms with Gasteiger partial charge < -0.3 is 5.32 Å². The second kappa shape index (κ2) is 7.16. The van der Waals surface area contributed by atoms with E-state index in [1.54, 1.807) is 6.07 Å². The Bertz CT molecular complexity index is 413. The number of hydrogen-bond donors (Lipinski definition) is 1. The molecule has 0 aliphatic rings. The first-order valence-corrected chi connectivity index (χ1v) is 7.49. The van der Waals surface area contributed by atoms with E-state index in [9.17, 15) is 4.79 Å². The SMILES string of the molecule is CCC(CC)(CCl)CNC(=O)c1cc(C)cc(Cl)c1. The molecule has 106 valence electrons. The predicted octanol–water partition coefficient (Wildman–Crippen LogP) is 4.42. The third-order valence-electron chi connectivity index (χ3n) is 3.71. The quantitative estimate of drug-likeness (QED) is 0.774. The summed E-state index contributed by atoms with van der Waals surface area (Å²) in [6, 6.07) is 5.35. The molecule has 19 heavy (non-hydrogen) atoms. The fourth-order valence-corrected chi connectivity index (χ4v) is 2.74. The van der Waals surface area contributed by atoms with E-state index in [1.165, 1.54) is 0 Å². The van der Waals surface area contributed by atoms with Crippen molar-refractivity contribution in [3.05, 3.63) is 34.3 Å². The van der Waals surface area contributed by atoms with Crippen molar-refractivity contribution in [3.8, 4) is 0 Å². The first-order chi connectivity index (χ1) is 8.96. The molecule has 0 bridgehead atoms. The van der Waals surface area contributed by atoms with Crippen molar-refractivity contribution in [1.82, 2.24) is 5.32 Å². The predicted molar refractivity (Wildman–Crippen MR) is 82.3 cm³/mol. The molecule has 1 aromatic carbocycles. The van der Waals surface area contributed by atoms with Gasteiger partial charge in [0.1, 0.15) is 0 Å². The smallest absolute Gasteiger partial charge is 0.251 e. The van der Waals surface area contributed by atoms with Gasteiger partial charge in [0.05, 0.1) is 0 Å². The third-order valence-corrected chi connectivity index (χ3v) is 4.50. The fourth-order valence-electron chi connectivity index (χ4n) is 1.97. The zero-order valence-electron chi connectivity index (χ0n) is 11.7. The maximum absolute atomic E-state index is 12.1. The van der Waals surface area contributed by atoms with E-state index < -0.39 is 0 Å². The van der Waals surface area contributed by atoms with Crippen LogP contribution >= 0.6 is 23.2 Å². The van der Waals surface area contributed by atoms with Gasteiger partial charge in [-0.15, -0.1) is 11.6 Å². The third kappa shape index (κ3) is 4.39. The van der Waals surface area contributed by atoms with Crippen LogP contribution in [0, 0.1) is 12.3 Å². The Balaban J connectivity index is 2.74. The molecule has 0 aliphatic heterocycles. The monoisotopic (exact) mass is 301 g/mol. The molecular formula is C15H21Cl2NO. The number of carbonyl (C=O) groups excluding carboxylic acids is 1. The van der Waals surface area contributed by atoms with Crippen LogP contribution in [0.15, 0.2) is 18.2 Å². The van der Waals surface area contributed by atoms with Crippen molar-refractivity contribution >= 4 is 29.1 Å². The zero-order chi connectivity index (χ0) is 14.5. The van der Waals surface area contributed by atoms with Crippen LogP contribution in [0.25, 0.3) is 0 Å². The maximum Gasteiger partial charge on any atom is 0.251 e. The number of aryl methyl sites for hydroxylation is 1. The Morgan fingerprint density at radius 1 is 1.26 bits per heavy atom. The number of carbonyl (C=O) groups is 1. The molecule has 0 saturated heterocycles. The standard InChI is InChI=1S/C15H21Cl2NO/c1-4-15(5-2,9-16)10-18-14(19)12-6-11(3)7-13(17)8-12/h6-8H,4-5,9-10H2,1-3H3,(H,18,19). The number of halogens is 2. The number of amides is 1. The highest BCUT2D eigenvalue weighted by Crippen LogP contribution is 2.27. The molecule has 0 saturated carbocycles. The molecule has 0 radical (unpaired) electrons. The summed E-state index contributed by atoms with van der Waals surface area (Å²) in [4.78, 5) is 12.1. The summed E-state index contributed by atoms with van der Waals surface area (Å²) in [6.07, 6.45) is 1.89.